The third-order valence-corrected chi connectivity index (χ3v) is 5.07. The van der Waals surface area contributed by atoms with Crippen LogP contribution >= 0.6 is 0 Å². The summed E-state index contributed by atoms with van der Waals surface area (Å²) in [7, 11) is 0. The zero-order chi connectivity index (χ0) is 32.8. The van der Waals surface area contributed by atoms with Gasteiger partial charge in [-0.3, -0.25) is 0 Å². The fraction of sp³-hybridized carbons (Fsp3) is 0.556. The van der Waals surface area contributed by atoms with Gasteiger partial charge in [0.05, 0.1) is 0 Å². The summed E-state index contributed by atoms with van der Waals surface area (Å²) in [5.74, 6) is -63.7. The van der Waals surface area contributed by atoms with E-state index in [-0.39, 0.29) is 9.13 Å². The largest absolute Gasteiger partial charge is 0.442 e. The Hall–Kier alpha value is -3.76. The molecule has 0 N–H and O–H groups in total. The lowest BCUT2D eigenvalue weighted by Gasteiger charge is -2.43. The third-order valence-electron chi connectivity index (χ3n) is 5.07. The second-order valence-corrected chi connectivity index (χ2v) is 7.90. The molecule has 42 heavy (non-hydrogen) atoms. The minimum atomic E-state index is -8.67. The van der Waals surface area contributed by atoms with E-state index in [4.69, 9.17) is 0 Å². The summed E-state index contributed by atoms with van der Waals surface area (Å²) in [4.78, 5) is 29.0. The standard InChI is InChI=1S/C18H10F16N4O4/c19-11(20,5-41-9(39)37-3-1-35-7-37)13(23,24)15(27,28)17(31,32)18(33,34)16(29,30)14(25,26)12(21,22)6-42-10(40)38-4-2-36-8-38/h1-4,7-8H,5-6H2. The molecule has 0 amide bonds. The van der Waals surface area contributed by atoms with Crippen LogP contribution in [0.1, 0.15) is 0 Å². The van der Waals surface area contributed by atoms with Gasteiger partial charge in [-0.1, -0.05) is 0 Å². The van der Waals surface area contributed by atoms with Crippen molar-refractivity contribution in [1.29, 1.82) is 0 Å². The topological polar surface area (TPSA) is 88.2 Å². The van der Waals surface area contributed by atoms with Crippen LogP contribution in [0.5, 0.6) is 0 Å². The Morgan fingerprint density at radius 1 is 0.500 bits per heavy atom. The smallest absolute Gasteiger partial charge is 0.419 e. The maximum atomic E-state index is 14.0. The molecule has 0 aliphatic rings. The van der Waals surface area contributed by atoms with Crippen molar-refractivity contribution in [1.82, 2.24) is 19.1 Å². The van der Waals surface area contributed by atoms with Gasteiger partial charge in [-0.15, -0.1) is 0 Å². The Kier molecular flexibility index (Phi) is 8.61. The van der Waals surface area contributed by atoms with Crippen molar-refractivity contribution in [3.8, 4) is 0 Å². The highest BCUT2D eigenvalue weighted by molar-refractivity contribution is 5.70. The van der Waals surface area contributed by atoms with Crippen molar-refractivity contribution in [2.45, 2.75) is 47.4 Å². The van der Waals surface area contributed by atoms with Gasteiger partial charge in [-0.25, -0.2) is 28.7 Å². The minimum Gasteiger partial charge on any atom is -0.442 e. The first-order valence-corrected chi connectivity index (χ1v) is 10.1. The molecule has 0 fully saturated rings. The van der Waals surface area contributed by atoms with Crippen LogP contribution in [0.4, 0.5) is 79.8 Å². The molecule has 2 aromatic rings. The Bertz CT molecular complexity index is 1150. The van der Waals surface area contributed by atoms with E-state index in [1.165, 1.54) is 0 Å². The summed E-state index contributed by atoms with van der Waals surface area (Å²) in [6, 6.07) is 0. The number of imidazole rings is 2. The number of carbonyl (C=O) groups is 2. The molecule has 0 aliphatic heterocycles. The molecule has 2 heterocycles. The summed E-state index contributed by atoms with van der Waals surface area (Å²) < 4.78 is 229. The molecule has 0 bridgehead atoms. The lowest BCUT2D eigenvalue weighted by molar-refractivity contribution is -0.454. The van der Waals surface area contributed by atoms with Gasteiger partial charge in [0.15, 0.2) is 13.2 Å². The van der Waals surface area contributed by atoms with Crippen molar-refractivity contribution in [3.05, 3.63) is 37.4 Å². The quantitative estimate of drug-likeness (QED) is 0.285. The number of nitrogens with zero attached hydrogens (tertiary/aromatic N) is 4. The number of halogens is 16. The van der Waals surface area contributed by atoms with Gasteiger partial charge >= 0.3 is 59.6 Å². The lowest BCUT2D eigenvalue weighted by Crippen LogP contribution is -2.75. The summed E-state index contributed by atoms with van der Waals surface area (Å²) >= 11 is 0. The van der Waals surface area contributed by atoms with Gasteiger partial charge in [-0.2, -0.15) is 70.2 Å². The molecule has 8 nitrogen and oxygen atoms in total. The van der Waals surface area contributed by atoms with Crippen LogP contribution in [0.2, 0.25) is 0 Å². The second-order valence-electron chi connectivity index (χ2n) is 7.90. The van der Waals surface area contributed by atoms with E-state index in [0.29, 0.717) is 25.0 Å². The highest BCUT2D eigenvalue weighted by atomic mass is 19.4. The Labute approximate surface area is 219 Å². The van der Waals surface area contributed by atoms with Crippen molar-refractivity contribution in [2.75, 3.05) is 13.2 Å². The lowest BCUT2D eigenvalue weighted by atomic mass is 9.88. The van der Waals surface area contributed by atoms with Gasteiger partial charge in [0, 0.05) is 24.8 Å². The second kappa shape index (κ2) is 10.5. The van der Waals surface area contributed by atoms with Gasteiger partial charge in [0.25, 0.3) is 0 Å². The van der Waals surface area contributed by atoms with Crippen molar-refractivity contribution < 1.29 is 89.3 Å². The summed E-state index contributed by atoms with van der Waals surface area (Å²) in [6.45, 7) is -6.64. The predicted molar refractivity (Wildman–Crippen MR) is 97.5 cm³/mol. The number of aromatic nitrogens is 4. The number of alkyl halides is 16. The first-order chi connectivity index (χ1) is 18.7. The number of rotatable bonds is 11. The molecule has 0 aromatic carbocycles. The van der Waals surface area contributed by atoms with E-state index in [1.54, 1.807) is 0 Å². The van der Waals surface area contributed by atoms with Crippen LogP contribution < -0.4 is 0 Å². The van der Waals surface area contributed by atoms with Gasteiger partial charge in [-0.05, 0) is 0 Å². The zero-order valence-electron chi connectivity index (χ0n) is 19.3. The predicted octanol–water partition coefficient (Wildman–Crippen LogP) is 5.83. The fourth-order valence-electron chi connectivity index (χ4n) is 2.62. The average Bonchev–Trinajstić information content (AvgIpc) is 3.60. The molecule has 0 aliphatic carbocycles. The van der Waals surface area contributed by atoms with Crippen LogP contribution in [-0.4, -0.2) is 91.9 Å². The van der Waals surface area contributed by atoms with E-state index in [9.17, 15) is 79.8 Å². The summed E-state index contributed by atoms with van der Waals surface area (Å²) in [6.07, 6.45) is -0.702. The van der Waals surface area contributed by atoms with E-state index < -0.39 is 72.8 Å². The van der Waals surface area contributed by atoms with Gasteiger partial charge < -0.3 is 9.47 Å². The zero-order valence-corrected chi connectivity index (χ0v) is 19.3. The van der Waals surface area contributed by atoms with Crippen molar-refractivity contribution >= 4 is 12.2 Å². The Balaban J connectivity index is 2.39. The normalized spacial score (nSPS) is 14.6. The first kappa shape index (κ1) is 34.4. The van der Waals surface area contributed by atoms with E-state index in [1.807, 2.05) is 0 Å². The van der Waals surface area contributed by atoms with Crippen molar-refractivity contribution in [3.63, 3.8) is 0 Å². The first-order valence-electron chi connectivity index (χ1n) is 10.1. The van der Waals surface area contributed by atoms with Crippen LogP contribution in [-0.2, 0) is 9.47 Å². The van der Waals surface area contributed by atoms with E-state index in [2.05, 4.69) is 19.4 Å². The molecule has 24 heteroatoms. The van der Waals surface area contributed by atoms with E-state index >= 15 is 0 Å². The number of carbonyl (C=O) groups excluding carboxylic acids is 2. The Morgan fingerprint density at radius 2 is 0.762 bits per heavy atom. The van der Waals surface area contributed by atoms with Crippen LogP contribution in [0, 0.1) is 0 Å². The van der Waals surface area contributed by atoms with E-state index in [0.717, 1.165) is 12.4 Å². The fourth-order valence-corrected chi connectivity index (χ4v) is 2.62. The highest BCUT2D eigenvalue weighted by Crippen LogP contribution is 2.63. The van der Waals surface area contributed by atoms with Crippen molar-refractivity contribution in [2.24, 2.45) is 0 Å². The number of hydrogen-bond donors (Lipinski definition) is 0. The molecule has 2 aromatic heterocycles. The maximum absolute atomic E-state index is 14.0. The molecule has 0 spiro atoms. The molecule has 0 saturated heterocycles. The average molecular weight is 650 g/mol. The molecular weight excluding hydrogens is 640 g/mol. The highest BCUT2D eigenvalue weighted by Gasteiger charge is 2.94. The maximum Gasteiger partial charge on any atom is 0.419 e. The molecule has 238 valence electrons. The van der Waals surface area contributed by atoms with Crippen LogP contribution in [0.3, 0.4) is 0 Å². The van der Waals surface area contributed by atoms with Gasteiger partial charge in [0.2, 0.25) is 0 Å². The van der Waals surface area contributed by atoms with Gasteiger partial charge in [0.1, 0.15) is 12.7 Å². The Morgan fingerprint density at radius 3 is 1.00 bits per heavy atom. The summed E-state index contributed by atoms with van der Waals surface area (Å²) in [5, 5.41) is 0. The van der Waals surface area contributed by atoms with Crippen LogP contribution in [0.25, 0.3) is 0 Å². The molecule has 0 saturated carbocycles. The number of ether oxygens (including phenoxy) is 2. The summed E-state index contributed by atoms with van der Waals surface area (Å²) in [5.41, 5.74) is 0. The molecular formula is C18H10F16N4O4. The molecule has 0 radical (unpaired) electrons. The SMILES string of the molecule is O=C(OCC(F)(F)C(F)(F)C(F)(F)C(F)(F)C(F)(F)C(F)(F)C(F)(F)C(F)(F)COC(=O)n1ccnc1)n1ccnc1. The van der Waals surface area contributed by atoms with Crippen LogP contribution in [0.15, 0.2) is 37.4 Å². The molecule has 2 rings (SSSR count). The monoisotopic (exact) mass is 650 g/mol. The molecule has 0 unspecified atom stereocenters. The molecule has 0 atom stereocenters. The third kappa shape index (κ3) is 5.18. The number of hydrogen-bond acceptors (Lipinski definition) is 6. The minimum absolute atomic E-state index is 0.0741.